The number of allylic oxidation sites excluding steroid dienone is 1. The standard InChI is InChI=1S/C17H15ClO3/c1-20-15-7-9-17(21-2)13(11-15)6-8-16(19)12-4-3-5-14(18)10-12/h3-11H,1-2H3. The molecule has 2 aromatic carbocycles. The van der Waals surface area contributed by atoms with Crippen LogP contribution < -0.4 is 9.47 Å². The minimum absolute atomic E-state index is 0.123. The lowest BCUT2D eigenvalue weighted by atomic mass is 10.1. The zero-order chi connectivity index (χ0) is 15.2. The summed E-state index contributed by atoms with van der Waals surface area (Å²) in [7, 11) is 3.17. The van der Waals surface area contributed by atoms with Crippen molar-refractivity contribution in [2.75, 3.05) is 14.2 Å². The minimum atomic E-state index is -0.123. The second-order valence-corrected chi connectivity index (χ2v) is 4.75. The van der Waals surface area contributed by atoms with Crippen molar-refractivity contribution in [3.63, 3.8) is 0 Å². The normalized spacial score (nSPS) is 10.6. The zero-order valence-corrected chi connectivity index (χ0v) is 12.6. The third-order valence-electron chi connectivity index (χ3n) is 2.96. The molecule has 0 aliphatic carbocycles. The Hall–Kier alpha value is -2.26. The summed E-state index contributed by atoms with van der Waals surface area (Å²) in [6.45, 7) is 0. The third kappa shape index (κ3) is 3.86. The molecule has 108 valence electrons. The Kier molecular flexibility index (Phi) is 5.01. The van der Waals surface area contributed by atoms with Crippen molar-refractivity contribution < 1.29 is 14.3 Å². The van der Waals surface area contributed by atoms with E-state index < -0.39 is 0 Å². The maximum Gasteiger partial charge on any atom is 0.185 e. The molecule has 2 rings (SSSR count). The number of benzene rings is 2. The topological polar surface area (TPSA) is 35.5 Å². The molecule has 2 aromatic rings. The second-order valence-electron chi connectivity index (χ2n) is 4.32. The number of carbonyl (C=O) groups is 1. The summed E-state index contributed by atoms with van der Waals surface area (Å²) < 4.78 is 10.4. The van der Waals surface area contributed by atoms with Gasteiger partial charge >= 0.3 is 0 Å². The van der Waals surface area contributed by atoms with Crippen molar-refractivity contribution >= 4 is 23.5 Å². The van der Waals surface area contributed by atoms with Crippen LogP contribution >= 0.6 is 11.6 Å². The monoisotopic (exact) mass is 302 g/mol. The Morgan fingerprint density at radius 2 is 1.90 bits per heavy atom. The van der Waals surface area contributed by atoms with Crippen LogP contribution in [-0.4, -0.2) is 20.0 Å². The van der Waals surface area contributed by atoms with Crippen molar-refractivity contribution in [2.24, 2.45) is 0 Å². The fourth-order valence-corrected chi connectivity index (χ4v) is 2.06. The van der Waals surface area contributed by atoms with Crippen LogP contribution in [0.2, 0.25) is 5.02 Å². The van der Waals surface area contributed by atoms with Gasteiger partial charge in [0, 0.05) is 16.1 Å². The van der Waals surface area contributed by atoms with Gasteiger partial charge in [-0.2, -0.15) is 0 Å². The molecule has 0 atom stereocenters. The van der Waals surface area contributed by atoms with Gasteiger partial charge in [-0.05, 0) is 42.5 Å². The fourth-order valence-electron chi connectivity index (χ4n) is 1.87. The maximum absolute atomic E-state index is 12.1. The van der Waals surface area contributed by atoms with Gasteiger partial charge in [0.1, 0.15) is 11.5 Å². The van der Waals surface area contributed by atoms with Gasteiger partial charge in [0.25, 0.3) is 0 Å². The largest absolute Gasteiger partial charge is 0.497 e. The number of halogens is 1. The average Bonchev–Trinajstić information content (AvgIpc) is 2.52. The van der Waals surface area contributed by atoms with Crippen molar-refractivity contribution in [1.82, 2.24) is 0 Å². The Balaban J connectivity index is 2.26. The molecule has 0 aliphatic rings. The molecule has 3 nitrogen and oxygen atoms in total. The lowest BCUT2D eigenvalue weighted by Crippen LogP contribution is -1.94. The van der Waals surface area contributed by atoms with Crippen LogP contribution in [0.4, 0.5) is 0 Å². The van der Waals surface area contributed by atoms with Gasteiger partial charge in [-0.15, -0.1) is 0 Å². The number of ether oxygens (including phenoxy) is 2. The number of rotatable bonds is 5. The molecule has 0 aliphatic heterocycles. The van der Waals surface area contributed by atoms with Gasteiger partial charge in [0.15, 0.2) is 5.78 Å². The van der Waals surface area contributed by atoms with E-state index in [1.54, 1.807) is 62.8 Å². The van der Waals surface area contributed by atoms with Crippen LogP contribution in [0.5, 0.6) is 11.5 Å². The number of hydrogen-bond donors (Lipinski definition) is 0. The van der Waals surface area contributed by atoms with Crippen LogP contribution in [0.15, 0.2) is 48.5 Å². The van der Waals surface area contributed by atoms with E-state index in [9.17, 15) is 4.79 Å². The van der Waals surface area contributed by atoms with E-state index in [4.69, 9.17) is 21.1 Å². The molecule has 0 saturated heterocycles. The van der Waals surface area contributed by atoms with Crippen molar-refractivity contribution in [3.8, 4) is 11.5 Å². The Bertz CT molecular complexity index is 677. The van der Waals surface area contributed by atoms with E-state index in [0.29, 0.717) is 22.1 Å². The SMILES string of the molecule is COc1ccc(OC)c(C=CC(=O)c2cccc(Cl)c2)c1. The molecule has 0 aromatic heterocycles. The molecule has 4 heteroatoms. The minimum Gasteiger partial charge on any atom is -0.497 e. The van der Waals surface area contributed by atoms with Crippen LogP contribution in [0.3, 0.4) is 0 Å². The highest BCUT2D eigenvalue weighted by atomic mass is 35.5. The molecule has 0 unspecified atom stereocenters. The summed E-state index contributed by atoms with van der Waals surface area (Å²) in [6.07, 6.45) is 3.19. The van der Waals surface area contributed by atoms with Crippen molar-refractivity contribution in [1.29, 1.82) is 0 Å². The summed E-state index contributed by atoms with van der Waals surface area (Å²) in [5.74, 6) is 1.25. The second kappa shape index (κ2) is 6.95. The smallest absolute Gasteiger partial charge is 0.185 e. The van der Waals surface area contributed by atoms with Crippen LogP contribution in [0.25, 0.3) is 6.08 Å². The maximum atomic E-state index is 12.1. The molecule has 0 saturated carbocycles. The van der Waals surface area contributed by atoms with E-state index in [-0.39, 0.29) is 5.78 Å². The first-order valence-electron chi connectivity index (χ1n) is 6.34. The third-order valence-corrected chi connectivity index (χ3v) is 3.20. The van der Waals surface area contributed by atoms with Crippen LogP contribution in [0, 0.1) is 0 Å². The highest BCUT2D eigenvalue weighted by Crippen LogP contribution is 2.25. The van der Waals surface area contributed by atoms with Crippen molar-refractivity contribution in [3.05, 3.63) is 64.7 Å². The summed E-state index contributed by atoms with van der Waals surface area (Å²) in [5.41, 5.74) is 1.31. The number of ketones is 1. The van der Waals surface area contributed by atoms with Gasteiger partial charge in [-0.3, -0.25) is 4.79 Å². The van der Waals surface area contributed by atoms with Gasteiger partial charge in [0.05, 0.1) is 14.2 Å². The Morgan fingerprint density at radius 3 is 2.57 bits per heavy atom. The van der Waals surface area contributed by atoms with E-state index in [0.717, 1.165) is 5.56 Å². The molecule has 21 heavy (non-hydrogen) atoms. The summed E-state index contributed by atoms with van der Waals surface area (Å²) >= 11 is 5.88. The van der Waals surface area contributed by atoms with Crippen LogP contribution in [-0.2, 0) is 0 Å². The van der Waals surface area contributed by atoms with Gasteiger partial charge in [-0.1, -0.05) is 23.7 Å². The first-order valence-corrected chi connectivity index (χ1v) is 6.72. The highest BCUT2D eigenvalue weighted by molar-refractivity contribution is 6.31. The number of carbonyl (C=O) groups excluding carboxylic acids is 1. The first-order chi connectivity index (χ1) is 10.1. The number of hydrogen-bond acceptors (Lipinski definition) is 3. The number of methoxy groups -OCH3 is 2. The molecule has 0 fully saturated rings. The first kappa shape index (κ1) is 15.1. The molecule has 0 spiro atoms. The highest BCUT2D eigenvalue weighted by Gasteiger charge is 2.05. The predicted molar refractivity (Wildman–Crippen MR) is 84.4 cm³/mol. The van der Waals surface area contributed by atoms with Gasteiger partial charge < -0.3 is 9.47 Å². The van der Waals surface area contributed by atoms with E-state index in [2.05, 4.69) is 0 Å². The quantitative estimate of drug-likeness (QED) is 0.612. The van der Waals surface area contributed by atoms with Gasteiger partial charge in [0.2, 0.25) is 0 Å². The van der Waals surface area contributed by atoms with Crippen LogP contribution in [0.1, 0.15) is 15.9 Å². The van der Waals surface area contributed by atoms with E-state index >= 15 is 0 Å². The summed E-state index contributed by atoms with van der Waals surface area (Å²) in [5, 5.41) is 0.535. The molecule has 0 heterocycles. The average molecular weight is 303 g/mol. The van der Waals surface area contributed by atoms with Gasteiger partial charge in [-0.25, -0.2) is 0 Å². The molecule has 0 bridgehead atoms. The lowest BCUT2D eigenvalue weighted by Gasteiger charge is -2.07. The van der Waals surface area contributed by atoms with Crippen molar-refractivity contribution in [2.45, 2.75) is 0 Å². The molecule has 0 N–H and O–H groups in total. The summed E-state index contributed by atoms with van der Waals surface area (Å²) in [4.78, 5) is 12.1. The fraction of sp³-hybridized carbons (Fsp3) is 0.118. The molecular weight excluding hydrogens is 288 g/mol. The Morgan fingerprint density at radius 1 is 1.10 bits per heavy atom. The Labute approximate surface area is 128 Å². The molecule has 0 radical (unpaired) electrons. The summed E-state index contributed by atoms with van der Waals surface area (Å²) in [6, 6.07) is 12.2. The molecular formula is C17H15ClO3. The van der Waals surface area contributed by atoms with E-state index in [1.165, 1.54) is 6.08 Å². The van der Waals surface area contributed by atoms with E-state index in [1.807, 2.05) is 0 Å². The zero-order valence-electron chi connectivity index (χ0n) is 11.8. The predicted octanol–water partition coefficient (Wildman–Crippen LogP) is 4.25. The molecule has 0 amide bonds. The lowest BCUT2D eigenvalue weighted by molar-refractivity contribution is 0.104.